The van der Waals surface area contributed by atoms with Gasteiger partial charge in [-0.05, 0) is 32.4 Å². The minimum atomic E-state index is -0.774. The van der Waals surface area contributed by atoms with Crippen LogP contribution in [0.3, 0.4) is 0 Å². The van der Waals surface area contributed by atoms with Crippen LogP contribution < -0.4 is 11.3 Å². The number of nitrogens with zero attached hydrogens (tertiary/aromatic N) is 2. The van der Waals surface area contributed by atoms with Crippen LogP contribution in [0.2, 0.25) is 0 Å². The molecule has 1 unspecified atom stereocenters. The van der Waals surface area contributed by atoms with Gasteiger partial charge in [0.05, 0.1) is 11.7 Å². The molecular weight excluding hydrogens is 262 g/mol. The molecule has 1 atom stereocenters. The third-order valence-corrected chi connectivity index (χ3v) is 3.63. The molecule has 0 aliphatic carbocycles. The highest BCUT2D eigenvalue weighted by Gasteiger charge is 2.27. The summed E-state index contributed by atoms with van der Waals surface area (Å²) in [5.41, 5.74) is 5.00. The molecule has 0 saturated carbocycles. The fraction of sp³-hybridized carbons (Fsp3) is 0.357. The summed E-state index contributed by atoms with van der Waals surface area (Å²) in [7, 11) is 1.78. The molecule has 1 heterocycles. The van der Waals surface area contributed by atoms with Crippen LogP contribution in [0, 0.1) is 32.4 Å². The monoisotopic (exact) mass is 280 g/mol. The van der Waals surface area contributed by atoms with Crippen LogP contribution >= 0.6 is 0 Å². The van der Waals surface area contributed by atoms with Crippen molar-refractivity contribution in [2.75, 3.05) is 0 Å². The van der Waals surface area contributed by atoms with E-state index in [9.17, 15) is 8.78 Å². The lowest BCUT2D eigenvalue weighted by atomic mass is 9.95. The van der Waals surface area contributed by atoms with E-state index in [1.54, 1.807) is 25.6 Å². The van der Waals surface area contributed by atoms with Crippen molar-refractivity contribution in [2.45, 2.75) is 26.8 Å². The number of aromatic nitrogens is 2. The van der Waals surface area contributed by atoms with Crippen LogP contribution in [-0.4, -0.2) is 9.78 Å². The molecule has 0 radical (unpaired) electrons. The Morgan fingerprint density at radius 2 is 1.85 bits per heavy atom. The number of rotatable bonds is 3. The molecule has 6 heteroatoms. The molecule has 1 aromatic heterocycles. The van der Waals surface area contributed by atoms with Gasteiger partial charge in [0, 0.05) is 23.9 Å². The number of benzene rings is 1. The zero-order chi connectivity index (χ0) is 15.0. The second-order valence-electron chi connectivity index (χ2n) is 4.90. The van der Waals surface area contributed by atoms with E-state index in [0.717, 1.165) is 5.69 Å². The maximum absolute atomic E-state index is 14.3. The first-order chi connectivity index (χ1) is 9.38. The van der Waals surface area contributed by atoms with Crippen molar-refractivity contribution in [2.24, 2.45) is 12.9 Å². The fourth-order valence-electron chi connectivity index (χ4n) is 2.46. The van der Waals surface area contributed by atoms with Crippen molar-refractivity contribution < 1.29 is 8.78 Å². The van der Waals surface area contributed by atoms with Crippen LogP contribution in [0.5, 0.6) is 0 Å². The Morgan fingerprint density at radius 1 is 1.20 bits per heavy atom. The lowest BCUT2D eigenvalue weighted by molar-refractivity contribution is 0.504. The molecule has 0 spiro atoms. The number of halogens is 2. The topological polar surface area (TPSA) is 55.9 Å². The maximum atomic E-state index is 14.3. The molecule has 0 saturated heterocycles. The number of nitrogens with two attached hydrogens (primary N) is 1. The summed E-state index contributed by atoms with van der Waals surface area (Å²) in [6, 6.07) is 1.88. The first-order valence-corrected chi connectivity index (χ1v) is 6.29. The maximum Gasteiger partial charge on any atom is 0.134 e. The lowest BCUT2D eigenvalue weighted by Gasteiger charge is -2.19. The van der Waals surface area contributed by atoms with E-state index in [0.29, 0.717) is 16.8 Å². The fourth-order valence-corrected chi connectivity index (χ4v) is 2.46. The summed E-state index contributed by atoms with van der Waals surface area (Å²) in [6.07, 6.45) is 0. The molecule has 0 fully saturated rings. The predicted molar refractivity (Wildman–Crippen MR) is 72.9 cm³/mol. The zero-order valence-electron chi connectivity index (χ0n) is 12.0. The number of hydrogen-bond donors (Lipinski definition) is 2. The van der Waals surface area contributed by atoms with Crippen LogP contribution in [0.4, 0.5) is 8.78 Å². The molecule has 0 bridgehead atoms. The van der Waals surface area contributed by atoms with Gasteiger partial charge in [-0.1, -0.05) is 6.07 Å². The van der Waals surface area contributed by atoms with Gasteiger partial charge in [0.1, 0.15) is 11.6 Å². The quantitative estimate of drug-likeness (QED) is 0.669. The minimum absolute atomic E-state index is 0.0771. The molecule has 20 heavy (non-hydrogen) atoms. The average molecular weight is 280 g/mol. The van der Waals surface area contributed by atoms with E-state index in [4.69, 9.17) is 5.84 Å². The van der Waals surface area contributed by atoms with Gasteiger partial charge in [-0.3, -0.25) is 10.5 Å². The summed E-state index contributed by atoms with van der Waals surface area (Å²) in [6.45, 7) is 5.22. The highest BCUT2D eigenvalue weighted by molar-refractivity contribution is 5.40. The van der Waals surface area contributed by atoms with E-state index >= 15 is 0 Å². The Morgan fingerprint density at radius 3 is 2.35 bits per heavy atom. The second-order valence-corrected chi connectivity index (χ2v) is 4.90. The van der Waals surface area contributed by atoms with Gasteiger partial charge < -0.3 is 0 Å². The molecule has 2 rings (SSSR count). The van der Waals surface area contributed by atoms with Gasteiger partial charge in [0.25, 0.3) is 0 Å². The molecule has 2 aromatic rings. The van der Waals surface area contributed by atoms with E-state index in [2.05, 4.69) is 10.5 Å². The van der Waals surface area contributed by atoms with Crippen molar-refractivity contribution in [3.8, 4) is 0 Å². The predicted octanol–water partition coefficient (Wildman–Crippen LogP) is 2.18. The Hall–Kier alpha value is -1.79. The van der Waals surface area contributed by atoms with Crippen molar-refractivity contribution in [3.63, 3.8) is 0 Å². The van der Waals surface area contributed by atoms with E-state index in [1.807, 2.05) is 6.92 Å². The van der Waals surface area contributed by atoms with Crippen LogP contribution in [0.15, 0.2) is 12.1 Å². The average Bonchev–Trinajstić information content (AvgIpc) is 2.65. The highest BCUT2D eigenvalue weighted by Crippen LogP contribution is 2.31. The number of nitrogens with one attached hydrogen (secondary N) is 1. The van der Waals surface area contributed by atoms with Gasteiger partial charge in [-0.25, -0.2) is 14.2 Å². The molecule has 4 nitrogen and oxygen atoms in total. The Balaban J connectivity index is 2.68. The zero-order valence-corrected chi connectivity index (χ0v) is 12.0. The van der Waals surface area contributed by atoms with Gasteiger partial charge in [0.15, 0.2) is 0 Å². The smallest absolute Gasteiger partial charge is 0.134 e. The third kappa shape index (κ3) is 2.21. The third-order valence-electron chi connectivity index (χ3n) is 3.63. The molecule has 3 N–H and O–H groups in total. The first kappa shape index (κ1) is 14.6. The summed E-state index contributed by atoms with van der Waals surface area (Å²) >= 11 is 0. The van der Waals surface area contributed by atoms with E-state index < -0.39 is 17.7 Å². The van der Waals surface area contributed by atoms with Crippen LogP contribution in [0.25, 0.3) is 0 Å². The molecule has 108 valence electrons. The van der Waals surface area contributed by atoms with Gasteiger partial charge in [-0.15, -0.1) is 0 Å². The summed E-state index contributed by atoms with van der Waals surface area (Å²) in [5.74, 6) is 4.34. The summed E-state index contributed by atoms with van der Waals surface area (Å²) in [4.78, 5) is 0. The number of aryl methyl sites for hydroxylation is 3. The molecule has 0 aliphatic heterocycles. The van der Waals surface area contributed by atoms with Crippen molar-refractivity contribution >= 4 is 0 Å². The Kier molecular flexibility index (Phi) is 3.87. The molecular formula is C14H18F2N4. The molecule has 1 aromatic carbocycles. The molecule has 0 aliphatic rings. The minimum Gasteiger partial charge on any atom is -0.272 e. The van der Waals surface area contributed by atoms with E-state index in [-0.39, 0.29) is 5.56 Å². The van der Waals surface area contributed by atoms with Crippen molar-refractivity contribution in [1.29, 1.82) is 0 Å². The molecule has 0 amide bonds. The summed E-state index contributed by atoms with van der Waals surface area (Å²) in [5, 5.41) is 4.26. The summed E-state index contributed by atoms with van der Waals surface area (Å²) < 4.78 is 30.0. The highest BCUT2D eigenvalue weighted by atomic mass is 19.1. The van der Waals surface area contributed by atoms with Gasteiger partial charge in [0.2, 0.25) is 0 Å². The van der Waals surface area contributed by atoms with E-state index in [1.165, 1.54) is 12.1 Å². The lowest BCUT2D eigenvalue weighted by Crippen LogP contribution is -2.31. The SMILES string of the molecule is Cc1ccc(F)c(C(NN)c2c(C)nn(C)c2C)c1F. The number of hydrogen-bond acceptors (Lipinski definition) is 3. The van der Waals surface area contributed by atoms with Crippen molar-refractivity contribution in [3.05, 3.63) is 51.8 Å². The van der Waals surface area contributed by atoms with Crippen molar-refractivity contribution in [1.82, 2.24) is 15.2 Å². The van der Waals surface area contributed by atoms with Gasteiger partial charge >= 0.3 is 0 Å². The number of hydrazine groups is 1. The Labute approximate surface area is 116 Å². The normalized spacial score (nSPS) is 12.8. The van der Waals surface area contributed by atoms with Crippen LogP contribution in [0.1, 0.15) is 34.1 Å². The first-order valence-electron chi connectivity index (χ1n) is 6.29. The second kappa shape index (κ2) is 5.30. The van der Waals surface area contributed by atoms with Gasteiger partial charge in [-0.2, -0.15) is 5.10 Å². The standard InChI is InChI=1S/C14H18F2N4/c1-7-5-6-10(15)12(13(7)16)14(18-17)11-8(2)19-20(4)9(11)3/h5-6,14,18H,17H2,1-4H3. The van der Waals surface area contributed by atoms with Crippen LogP contribution in [-0.2, 0) is 7.05 Å². The largest absolute Gasteiger partial charge is 0.272 e. The Bertz CT molecular complexity index is 649.